The van der Waals surface area contributed by atoms with Crippen LogP contribution in [0.3, 0.4) is 0 Å². The van der Waals surface area contributed by atoms with Crippen LogP contribution in [0.25, 0.3) is 5.57 Å². The van der Waals surface area contributed by atoms with E-state index in [2.05, 4.69) is 16.3 Å². The minimum atomic E-state index is -3.43. The van der Waals surface area contributed by atoms with Crippen molar-refractivity contribution in [3.8, 4) is 0 Å². The summed E-state index contributed by atoms with van der Waals surface area (Å²) >= 11 is 0. The highest BCUT2D eigenvalue weighted by molar-refractivity contribution is 7.89. The molecule has 1 aliphatic heterocycles. The summed E-state index contributed by atoms with van der Waals surface area (Å²) < 4.78 is 33.5. The number of ether oxygens (including phenoxy) is 1. The summed E-state index contributed by atoms with van der Waals surface area (Å²) in [5.74, 6) is 0.0898. The van der Waals surface area contributed by atoms with E-state index in [0.29, 0.717) is 32.2 Å². The fourth-order valence-electron chi connectivity index (χ4n) is 3.61. The van der Waals surface area contributed by atoms with E-state index < -0.39 is 16.1 Å². The quantitative estimate of drug-likeness (QED) is 0.635. The summed E-state index contributed by atoms with van der Waals surface area (Å²) in [4.78, 5) is 19.1. The van der Waals surface area contributed by atoms with Crippen molar-refractivity contribution in [2.45, 2.75) is 78.0 Å². The molecule has 1 aromatic heterocycles. The lowest BCUT2D eigenvalue weighted by atomic mass is 9.93. The fraction of sp³-hybridized carbons (Fsp3) is 0.636. The highest BCUT2D eigenvalue weighted by Gasteiger charge is 2.37. The number of pyridine rings is 1. The molecule has 1 saturated heterocycles. The second-order valence-corrected chi connectivity index (χ2v) is 10.1. The molecule has 8 heteroatoms. The Labute approximate surface area is 181 Å². The van der Waals surface area contributed by atoms with Crippen LogP contribution in [-0.4, -0.2) is 54.9 Å². The molecule has 0 aliphatic carbocycles. The number of rotatable bonds is 9. The maximum Gasteiger partial charge on any atom is 0.410 e. The zero-order chi connectivity index (χ0) is 22.3. The van der Waals surface area contributed by atoms with Crippen LogP contribution in [-0.2, 0) is 21.2 Å². The normalized spacial score (nSPS) is 19.7. The number of hydrogen-bond acceptors (Lipinski definition) is 5. The summed E-state index contributed by atoms with van der Waals surface area (Å²) in [5, 5.41) is 0. The molecule has 1 amide bonds. The number of carbonyl (C=O) groups is 1. The van der Waals surface area contributed by atoms with Crippen LogP contribution in [0.1, 0.15) is 64.8 Å². The average Bonchev–Trinajstić information content (AvgIpc) is 2.67. The summed E-state index contributed by atoms with van der Waals surface area (Å²) in [7, 11) is -3.43. The fourth-order valence-corrected chi connectivity index (χ4v) is 5.13. The van der Waals surface area contributed by atoms with Crippen LogP contribution in [0, 0.1) is 0 Å². The number of carbonyl (C=O) groups excluding carboxylic acids is 1. The van der Waals surface area contributed by atoms with E-state index in [0.717, 1.165) is 23.4 Å². The van der Waals surface area contributed by atoms with Crippen LogP contribution in [0.5, 0.6) is 0 Å². The molecular weight excluding hydrogens is 402 g/mol. The van der Waals surface area contributed by atoms with E-state index in [9.17, 15) is 13.2 Å². The molecule has 0 aromatic carbocycles. The smallest absolute Gasteiger partial charge is 0.410 e. The Morgan fingerprint density at radius 3 is 2.77 bits per heavy atom. The van der Waals surface area contributed by atoms with Gasteiger partial charge in [-0.05, 0) is 57.7 Å². The second kappa shape index (κ2) is 10.9. The van der Waals surface area contributed by atoms with Gasteiger partial charge in [-0.3, -0.25) is 4.98 Å². The van der Waals surface area contributed by atoms with Crippen LogP contribution in [0.15, 0.2) is 24.8 Å². The number of nitrogens with one attached hydrogen (secondary N) is 1. The summed E-state index contributed by atoms with van der Waals surface area (Å²) in [6.07, 6.45) is 2.57. The van der Waals surface area contributed by atoms with E-state index in [4.69, 9.17) is 4.74 Å². The van der Waals surface area contributed by atoms with Crippen molar-refractivity contribution in [2.24, 2.45) is 0 Å². The van der Waals surface area contributed by atoms with E-state index >= 15 is 0 Å². The molecule has 2 heterocycles. The first-order valence-corrected chi connectivity index (χ1v) is 12.4. The number of piperidine rings is 1. The first kappa shape index (κ1) is 24.3. The number of amides is 1. The molecule has 30 heavy (non-hydrogen) atoms. The summed E-state index contributed by atoms with van der Waals surface area (Å²) in [5.41, 5.74) is 2.44. The Morgan fingerprint density at radius 2 is 2.13 bits per heavy atom. The Bertz CT molecular complexity index is 839. The molecule has 2 rings (SSSR count). The van der Waals surface area contributed by atoms with Gasteiger partial charge in [-0.2, -0.15) is 0 Å². The molecule has 0 radical (unpaired) electrons. The monoisotopic (exact) mass is 437 g/mol. The number of hydrogen-bond donors (Lipinski definition) is 1. The molecular formula is C22H35N3O4S. The number of aromatic nitrogens is 1. The van der Waals surface area contributed by atoms with Gasteiger partial charge in [-0.25, -0.2) is 17.9 Å². The lowest BCUT2D eigenvalue weighted by Gasteiger charge is -2.41. The number of allylic oxidation sites excluding steroid dienone is 1. The highest BCUT2D eigenvalue weighted by atomic mass is 32.2. The van der Waals surface area contributed by atoms with Gasteiger partial charge in [0.15, 0.2) is 0 Å². The molecule has 7 nitrogen and oxygen atoms in total. The number of nitrogens with zero attached hydrogens (tertiary/aromatic N) is 2. The van der Waals surface area contributed by atoms with Gasteiger partial charge in [0, 0.05) is 24.7 Å². The van der Waals surface area contributed by atoms with Crippen molar-refractivity contribution in [3.63, 3.8) is 0 Å². The number of likely N-dealkylation sites (tertiary alicyclic amines) is 1. The van der Waals surface area contributed by atoms with E-state index in [-0.39, 0.29) is 23.9 Å². The Balaban J connectivity index is 2.31. The molecule has 168 valence electrons. The summed E-state index contributed by atoms with van der Waals surface area (Å²) in [6.45, 7) is 11.9. The second-order valence-electron chi connectivity index (χ2n) is 8.23. The van der Waals surface area contributed by atoms with Gasteiger partial charge in [0.25, 0.3) is 0 Å². The third-order valence-corrected chi connectivity index (χ3v) is 6.60. The molecule has 0 spiro atoms. The van der Waals surface area contributed by atoms with Crippen molar-refractivity contribution in [2.75, 3.05) is 12.3 Å². The van der Waals surface area contributed by atoms with Crippen molar-refractivity contribution >= 4 is 21.7 Å². The third kappa shape index (κ3) is 7.09. The first-order chi connectivity index (χ1) is 14.1. The van der Waals surface area contributed by atoms with E-state index in [1.165, 1.54) is 0 Å². The van der Waals surface area contributed by atoms with E-state index in [1.54, 1.807) is 18.7 Å². The van der Waals surface area contributed by atoms with Crippen molar-refractivity contribution in [1.29, 1.82) is 0 Å². The Kier molecular flexibility index (Phi) is 8.85. The van der Waals surface area contributed by atoms with Crippen molar-refractivity contribution in [1.82, 2.24) is 14.6 Å². The lowest BCUT2D eigenvalue weighted by molar-refractivity contribution is 0.0459. The maximum atomic E-state index is 12.8. The van der Waals surface area contributed by atoms with Gasteiger partial charge in [0.05, 0.1) is 23.6 Å². The zero-order valence-corrected chi connectivity index (χ0v) is 19.4. The Morgan fingerprint density at radius 1 is 1.40 bits per heavy atom. The maximum absolute atomic E-state index is 12.8. The minimum Gasteiger partial charge on any atom is -0.447 e. The van der Waals surface area contributed by atoms with Crippen LogP contribution >= 0.6 is 0 Å². The van der Waals surface area contributed by atoms with Crippen LogP contribution in [0.2, 0.25) is 0 Å². The van der Waals surface area contributed by atoms with Gasteiger partial charge >= 0.3 is 6.09 Å². The molecule has 1 aromatic rings. The average molecular weight is 438 g/mol. The standard InChI is InChI=1S/C22H35N3O4S/c1-6-7-14-30(27,28)24-20-12-9-13-25(22(26)29-17(4)5)21(20)15-18-10-8-11-19(23-18)16(2)3/h8,10-11,17,20-21,24H,2,6-7,9,12-15H2,1,3-5H3. The zero-order valence-electron chi connectivity index (χ0n) is 18.6. The van der Waals surface area contributed by atoms with Gasteiger partial charge < -0.3 is 9.64 Å². The molecule has 1 N–H and O–H groups in total. The van der Waals surface area contributed by atoms with Gasteiger partial charge in [0.1, 0.15) is 0 Å². The highest BCUT2D eigenvalue weighted by Crippen LogP contribution is 2.24. The predicted octanol–water partition coefficient (Wildman–Crippen LogP) is 3.75. The Hall–Kier alpha value is -1.93. The molecule has 0 bridgehead atoms. The molecule has 2 atom stereocenters. The SMILES string of the molecule is C=C(C)c1cccc(CC2C(NS(=O)(=O)CCCC)CCCN2C(=O)OC(C)C)n1. The number of unbranched alkanes of at least 4 members (excludes halogenated alkanes) is 1. The predicted molar refractivity (Wildman–Crippen MR) is 120 cm³/mol. The minimum absolute atomic E-state index is 0.0898. The largest absolute Gasteiger partial charge is 0.447 e. The molecule has 1 fully saturated rings. The molecule has 1 aliphatic rings. The van der Waals surface area contributed by atoms with Crippen molar-refractivity contribution in [3.05, 3.63) is 36.2 Å². The van der Waals surface area contributed by atoms with Crippen molar-refractivity contribution < 1.29 is 17.9 Å². The summed E-state index contributed by atoms with van der Waals surface area (Å²) in [6, 6.07) is 4.95. The third-order valence-electron chi connectivity index (χ3n) is 5.11. The van der Waals surface area contributed by atoms with Gasteiger partial charge in [0.2, 0.25) is 10.0 Å². The van der Waals surface area contributed by atoms with E-state index in [1.807, 2.05) is 32.0 Å². The van der Waals surface area contributed by atoms with Crippen LogP contribution < -0.4 is 4.72 Å². The first-order valence-electron chi connectivity index (χ1n) is 10.7. The number of sulfonamides is 1. The lowest BCUT2D eigenvalue weighted by Crippen LogP contribution is -2.58. The van der Waals surface area contributed by atoms with Gasteiger partial charge in [-0.1, -0.05) is 26.0 Å². The molecule has 2 unspecified atom stereocenters. The van der Waals surface area contributed by atoms with Gasteiger partial charge in [-0.15, -0.1) is 0 Å². The topological polar surface area (TPSA) is 88.6 Å². The van der Waals surface area contributed by atoms with Crippen LogP contribution in [0.4, 0.5) is 4.79 Å². The molecule has 0 saturated carbocycles.